The summed E-state index contributed by atoms with van der Waals surface area (Å²) in [6, 6.07) is 14.7. The van der Waals surface area contributed by atoms with Crippen LogP contribution in [0.3, 0.4) is 0 Å². The molecule has 0 aliphatic heterocycles. The van der Waals surface area contributed by atoms with Gasteiger partial charge in [-0.15, -0.1) is 11.3 Å². The first-order valence-electron chi connectivity index (χ1n) is 5.68. The lowest BCUT2D eigenvalue weighted by Gasteiger charge is -2.21. The zero-order valence-electron chi connectivity index (χ0n) is 10.4. The summed E-state index contributed by atoms with van der Waals surface area (Å²) in [5.41, 5.74) is 0. The standard InChI is InChI=1S/C14H16OSSi/c1-11(15)13-9-10-14(16-13)17(2,3)12-7-5-4-6-8-12/h4-10H,1-3H3. The Morgan fingerprint density at radius 3 is 2.24 bits per heavy atom. The summed E-state index contributed by atoms with van der Waals surface area (Å²) in [5.74, 6) is 0.166. The van der Waals surface area contributed by atoms with Crippen LogP contribution in [0, 0.1) is 0 Å². The molecule has 0 atom stereocenters. The van der Waals surface area contributed by atoms with E-state index in [0.717, 1.165) is 4.88 Å². The van der Waals surface area contributed by atoms with Crippen LogP contribution in [0.1, 0.15) is 16.6 Å². The van der Waals surface area contributed by atoms with E-state index in [0.29, 0.717) is 0 Å². The number of carbonyl (C=O) groups excluding carboxylic acids is 1. The third-order valence-corrected chi connectivity index (χ3v) is 9.08. The van der Waals surface area contributed by atoms with Gasteiger partial charge in [-0.25, -0.2) is 0 Å². The highest BCUT2D eigenvalue weighted by Gasteiger charge is 2.27. The third-order valence-electron chi connectivity index (χ3n) is 3.06. The monoisotopic (exact) mass is 260 g/mol. The average Bonchev–Trinajstić information content (AvgIpc) is 2.80. The van der Waals surface area contributed by atoms with Gasteiger partial charge in [-0.3, -0.25) is 4.79 Å². The molecule has 0 spiro atoms. The number of hydrogen-bond acceptors (Lipinski definition) is 2. The Balaban J connectivity index is 2.41. The van der Waals surface area contributed by atoms with Gasteiger partial charge < -0.3 is 0 Å². The molecule has 3 heteroatoms. The highest BCUT2D eigenvalue weighted by molar-refractivity contribution is 7.30. The number of thiophene rings is 1. The molecule has 0 radical (unpaired) electrons. The molecule has 1 aromatic carbocycles. The minimum Gasteiger partial charge on any atom is -0.294 e. The molecule has 0 unspecified atom stereocenters. The fourth-order valence-electron chi connectivity index (χ4n) is 1.86. The molecule has 0 aliphatic rings. The Bertz CT molecular complexity index is 528. The summed E-state index contributed by atoms with van der Waals surface area (Å²) >= 11 is 1.65. The minimum absolute atomic E-state index is 0.166. The molecule has 1 heterocycles. The lowest BCUT2D eigenvalue weighted by Crippen LogP contribution is -2.51. The number of rotatable bonds is 3. The van der Waals surface area contributed by atoms with E-state index >= 15 is 0 Å². The van der Waals surface area contributed by atoms with Gasteiger partial charge >= 0.3 is 0 Å². The van der Waals surface area contributed by atoms with Crippen LogP contribution in [0.4, 0.5) is 0 Å². The second kappa shape index (κ2) is 4.59. The predicted octanol–water partition coefficient (Wildman–Crippen LogP) is 2.77. The van der Waals surface area contributed by atoms with Crippen LogP contribution >= 0.6 is 11.3 Å². The van der Waals surface area contributed by atoms with Crippen molar-refractivity contribution < 1.29 is 4.79 Å². The maximum absolute atomic E-state index is 11.3. The Morgan fingerprint density at radius 1 is 1.06 bits per heavy atom. The molecule has 17 heavy (non-hydrogen) atoms. The van der Waals surface area contributed by atoms with E-state index in [1.165, 1.54) is 9.69 Å². The summed E-state index contributed by atoms with van der Waals surface area (Å²) in [6.45, 7) is 6.29. The number of carbonyl (C=O) groups is 1. The lowest BCUT2D eigenvalue weighted by molar-refractivity contribution is 0.102. The Hall–Kier alpha value is -1.19. The Labute approximate surface area is 107 Å². The van der Waals surface area contributed by atoms with Gasteiger partial charge in [-0.1, -0.05) is 54.7 Å². The van der Waals surface area contributed by atoms with Gasteiger partial charge in [0.15, 0.2) is 5.78 Å². The maximum atomic E-state index is 11.3. The first-order chi connectivity index (χ1) is 8.01. The average molecular weight is 260 g/mol. The molecule has 2 rings (SSSR count). The summed E-state index contributed by atoms with van der Waals surface area (Å²) in [5, 5.41) is 1.41. The largest absolute Gasteiger partial charge is 0.294 e. The number of benzene rings is 1. The van der Waals surface area contributed by atoms with Crippen molar-refractivity contribution in [2.75, 3.05) is 0 Å². The maximum Gasteiger partial charge on any atom is 0.169 e. The number of ketones is 1. The SMILES string of the molecule is CC(=O)c1ccc([Si](C)(C)c2ccccc2)s1. The van der Waals surface area contributed by atoms with Gasteiger partial charge in [0, 0.05) is 0 Å². The molecule has 2 aromatic rings. The van der Waals surface area contributed by atoms with Gasteiger partial charge in [0.1, 0.15) is 8.07 Å². The van der Waals surface area contributed by atoms with Crippen molar-refractivity contribution in [2.45, 2.75) is 20.0 Å². The van der Waals surface area contributed by atoms with Crippen LogP contribution in [0.2, 0.25) is 13.1 Å². The van der Waals surface area contributed by atoms with Crippen LogP contribution in [0.5, 0.6) is 0 Å². The second-order valence-electron chi connectivity index (χ2n) is 4.71. The topological polar surface area (TPSA) is 17.1 Å². The van der Waals surface area contributed by atoms with E-state index in [4.69, 9.17) is 0 Å². The van der Waals surface area contributed by atoms with Crippen molar-refractivity contribution in [2.24, 2.45) is 0 Å². The van der Waals surface area contributed by atoms with Gasteiger partial charge in [-0.2, -0.15) is 0 Å². The molecule has 0 N–H and O–H groups in total. The lowest BCUT2D eigenvalue weighted by atomic mass is 10.4. The number of hydrogen-bond donors (Lipinski definition) is 0. The molecule has 0 bridgehead atoms. The smallest absolute Gasteiger partial charge is 0.169 e. The van der Waals surface area contributed by atoms with E-state index in [2.05, 4.69) is 43.4 Å². The minimum atomic E-state index is -1.61. The summed E-state index contributed by atoms with van der Waals surface area (Å²) in [4.78, 5) is 12.2. The quantitative estimate of drug-likeness (QED) is 0.612. The van der Waals surface area contributed by atoms with Crippen molar-refractivity contribution in [1.29, 1.82) is 0 Å². The molecule has 88 valence electrons. The van der Waals surface area contributed by atoms with Crippen molar-refractivity contribution in [1.82, 2.24) is 0 Å². The van der Waals surface area contributed by atoms with Crippen molar-refractivity contribution in [3.8, 4) is 0 Å². The highest BCUT2D eigenvalue weighted by atomic mass is 32.1. The van der Waals surface area contributed by atoms with Crippen molar-refractivity contribution >= 4 is 34.9 Å². The summed E-state index contributed by atoms with van der Waals surface area (Å²) < 4.78 is 1.37. The predicted molar refractivity (Wildman–Crippen MR) is 77.5 cm³/mol. The third kappa shape index (κ3) is 2.40. The second-order valence-corrected chi connectivity index (χ2v) is 10.5. The van der Waals surface area contributed by atoms with E-state index in [1.54, 1.807) is 18.3 Å². The zero-order chi connectivity index (χ0) is 12.5. The molecule has 0 saturated heterocycles. The Kier molecular flexibility index (Phi) is 3.31. The van der Waals surface area contributed by atoms with Gasteiger partial charge in [0.05, 0.1) is 4.88 Å². The van der Waals surface area contributed by atoms with Crippen LogP contribution in [-0.4, -0.2) is 13.9 Å². The highest BCUT2D eigenvalue weighted by Crippen LogP contribution is 2.14. The summed E-state index contributed by atoms with van der Waals surface area (Å²) in [7, 11) is -1.61. The molecule has 0 saturated carbocycles. The van der Waals surface area contributed by atoms with E-state index in [-0.39, 0.29) is 5.78 Å². The first kappa shape index (κ1) is 12.3. The van der Waals surface area contributed by atoms with E-state index in [1.807, 2.05) is 12.1 Å². The van der Waals surface area contributed by atoms with E-state index in [9.17, 15) is 4.79 Å². The first-order valence-corrected chi connectivity index (χ1v) is 9.50. The summed E-state index contributed by atoms with van der Waals surface area (Å²) in [6.07, 6.45) is 0. The van der Waals surface area contributed by atoms with Crippen LogP contribution in [0.15, 0.2) is 42.5 Å². The molecular weight excluding hydrogens is 244 g/mol. The number of Topliss-reactive ketones (excluding diaryl/α,β-unsaturated/α-hetero) is 1. The van der Waals surface area contributed by atoms with Crippen LogP contribution in [-0.2, 0) is 0 Å². The molecular formula is C14H16OSSi. The van der Waals surface area contributed by atoms with Gasteiger partial charge in [0.2, 0.25) is 0 Å². The van der Waals surface area contributed by atoms with Crippen molar-refractivity contribution in [3.63, 3.8) is 0 Å². The molecule has 1 nitrogen and oxygen atoms in total. The van der Waals surface area contributed by atoms with Gasteiger partial charge in [0.25, 0.3) is 0 Å². The molecule has 0 aliphatic carbocycles. The van der Waals surface area contributed by atoms with Crippen molar-refractivity contribution in [3.05, 3.63) is 47.3 Å². The fourth-order valence-corrected chi connectivity index (χ4v) is 6.03. The zero-order valence-corrected chi connectivity index (χ0v) is 12.2. The normalized spacial score (nSPS) is 11.5. The van der Waals surface area contributed by atoms with Crippen LogP contribution in [0.25, 0.3) is 0 Å². The molecule has 0 fully saturated rings. The molecule has 0 amide bonds. The fraction of sp³-hybridized carbons (Fsp3) is 0.214. The van der Waals surface area contributed by atoms with Gasteiger partial charge in [-0.05, 0) is 17.5 Å². The molecule has 1 aromatic heterocycles. The van der Waals surface area contributed by atoms with E-state index < -0.39 is 8.07 Å². The van der Waals surface area contributed by atoms with Crippen LogP contribution < -0.4 is 9.69 Å². The Morgan fingerprint density at radius 2 is 1.71 bits per heavy atom.